The van der Waals surface area contributed by atoms with Crippen molar-refractivity contribution in [2.75, 3.05) is 26.7 Å². The lowest BCUT2D eigenvalue weighted by atomic mass is 9.68. The minimum atomic E-state index is 0.499. The number of rotatable bonds is 4. The van der Waals surface area contributed by atoms with E-state index in [2.05, 4.69) is 9.80 Å². The molecule has 4 atom stereocenters. The number of piperidine rings is 3. The molecule has 0 amide bonds. The Morgan fingerprint density at radius 2 is 1.79 bits per heavy atom. The van der Waals surface area contributed by atoms with Crippen LogP contribution in [0.15, 0.2) is 35.7 Å². The number of ether oxygens (including phenoxy) is 2. The van der Waals surface area contributed by atoms with Crippen LogP contribution in [0.5, 0.6) is 11.5 Å². The molecule has 0 saturated carbocycles. The Kier molecular flexibility index (Phi) is 4.79. The van der Waals surface area contributed by atoms with Gasteiger partial charge < -0.3 is 14.4 Å². The number of benzene rings is 1. The summed E-state index contributed by atoms with van der Waals surface area (Å²) in [7, 11) is 1.66. The van der Waals surface area contributed by atoms with E-state index in [9.17, 15) is 4.79 Å². The summed E-state index contributed by atoms with van der Waals surface area (Å²) in [6.07, 6.45) is 8.12. The van der Waals surface area contributed by atoms with Crippen molar-refractivity contribution in [3.8, 4) is 11.5 Å². The largest absolute Gasteiger partial charge is 0.497 e. The third-order valence-corrected chi connectivity index (χ3v) is 7.33. The highest BCUT2D eigenvalue weighted by Crippen LogP contribution is 2.46. The van der Waals surface area contributed by atoms with Crippen LogP contribution in [-0.4, -0.2) is 54.9 Å². The van der Waals surface area contributed by atoms with Gasteiger partial charge in [-0.15, -0.1) is 0 Å². The molecule has 0 radical (unpaired) electrons. The molecule has 0 N–H and O–H groups in total. The van der Waals surface area contributed by atoms with Crippen LogP contribution in [-0.2, 0) is 4.79 Å². The standard InChI is InChI=1S/C23H30N2O3/c1-27-18-7-9-19(10-8-18)28-23-17(15-26)6-11-21-20-5-3-13-24-12-2-4-16(22(20)24)14-25(21)23/h7-10,15-16,20-22H,2-6,11-14H2,1H3/t16-,20+,21+,22-/m0/s1. The van der Waals surface area contributed by atoms with Gasteiger partial charge in [0.2, 0.25) is 5.88 Å². The molecule has 1 aromatic carbocycles. The van der Waals surface area contributed by atoms with E-state index in [1.54, 1.807) is 7.11 Å². The molecule has 0 spiro atoms. The number of carbonyl (C=O) groups is 1. The summed E-state index contributed by atoms with van der Waals surface area (Å²) < 4.78 is 11.6. The van der Waals surface area contributed by atoms with Gasteiger partial charge in [0, 0.05) is 18.6 Å². The van der Waals surface area contributed by atoms with Crippen molar-refractivity contribution in [2.45, 2.75) is 50.6 Å². The van der Waals surface area contributed by atoms with E-state index >= 15 is 0 Å². The van der Waals surface area contributed by atoms with Crippen LogP contribution in [0.3, 0.4) is 0 Å². The summed E-state index contributed by atoms with van der Waals surface area (Å²) in [5.74, 6) is 3.78. The lowest BCUT2D eigenvalue weighted by Gasteiger charge is -2.59. The van der Waals surface area contributed by atoms with Crippen LogP contribution in [0.25, 0.3) is 0 Å². The topological polar surface area (TPSA) is 42.0 Å². The summed E-state index contributed by atoms with van der Waals surface area (Å²) in [6.45, 7) is 3.56. The molecule has 150 valence electrons. The van der Waals surface area contributed by atoms with Crippen molar-refractivity contribution in [1.82, 2.24) is 9.80 Å². The van der Waals surface area contributed by atoms with E-state index in [0.29, 0.717) is 17.9 Å². The van der Waals surface area contributed by atoms with Gasteiger partial charge in [-0.25, -0.2) is 0 Å². The number of hydrogen-bond donors (Lipinski definition) is 0. The van der Waals surface area contributed by atoms with E-state index in [1.165, 1.54) is 38.8 Å². The summed E-state index contributed by atoms with van der Waals surface area (Å²) in [6, 6.07) is 8.90. The van der Waals surface area contributed by atoms with E-state index in [0.717, 1.165) is 54.7 Å². The first kappa shape index (κ1) is 18.0. The highest BCUT2D eigenvalue weighted by molar-refractivity contribution is 5.74. The fourth-order valence-corrected chi connectivity index (χ4v) is 6.18. The quantitative estimate of drug-likeness (QED) is 0.746. The zero-order chi connectivity index (χ0) is 19.1. The molecule has 5 rings (SSSR count). The maximum Gasteiger partial charge on any atom is 0.202 e. The molecule has 4 aliphatic heterocycles. The van der Waals surface area contributed by atoms with Crippen molar-refractivity contribution in [2.24, 2.45) is 11.8 Å². The average Bonchev–Trinajstić information content (AvgIpc) is 2.75. The lowest BCUT2D eigenvalue weighted by molar-refractivity contribution is -0.107. The first-order chi connectivity index (χ1) is 13.8. The maximum absolute atomic E-state index is 11.8. The molecule has 3 fully saturated rings. The van der Waals surface area contributed by atoms with Gasteiger partial charge in [0.05, 0.1) is 12.7 Å². The Balaban J connectivity index is 1.45. The number of methoxy groups -OCH3 is 1. The van der Waals surface area contributed by atoms with Crippen LogP contribution >= 0.6 is 0 Å². The predicted molar refractivity (Wildman–Crippen MR) is 107 cm³/mol. The first-order valence-corrected chi connectivity index (χ1v) is 10.8. The van der Waals surface area contributed by atoms with Crippen molar-refractivity contribution in [1.29, 1.82) is 0 Å². The molecular weight excluding hydrogens is 352 g/mol. The predicted octanol–water partition coefficient (Wildman–Crippen LogP) is 3.45. The van der Waals surface area contributed by atoms with Crippen molar-refractivity contribution in [3.63, 3.8) is 0 Å². The van der Waals surface area contributed by atoms with Crippen LogP contribution in [0.2, 0.25) is 0 Å². The van der Waals surface area contributed by atoms with Crippen molar-refractivity contribution < 1.29 is 14.3 Å². The zero-order valence-electron chi connectivity index (χ0n) is 16.7. The first-order valence-electron chi connectivity index (χ1n) is 10.8. The number of hydrogen-bond acceptors (Lipinski definition) is 5. The van der Waals surface area contributed by atoms with Gasteiger partial charge in [0.15, 0.2) is 6.29 Å². The monoisotopic (exact) mass is 382 g/mol. The SMILES string of the molecule is COc1ccc(OC2=C(C=O)CC[C@@H]3[C@H]4CCCN5CCC[C@@H](CN23)[C@@H]45)cc1. The molecule has 4 heterocycles. The summed E-state index contributed by atoms with van der Waals surface area (Å²) >= 11 is 0. The fourth-order valence-electron chi connectivity index (χ4n) is 6.18. The van der Waals surface area contributed by atoms with Gasteiger partial charge in [0.25, 0.3) is 0 Å². The van der Waals surface area contributed by atoms with Gasteiger partial charge >= 0.3 is 0 Å². The van der Waals surface area contributed by atoms with E-state index in [1.807, 2.05) is 24.3 Å². The average molecular weight is 383 g/mol. The van der Waals surface area contributed by atoms with E-state index < -0.39 is 0 Å². The van der Waals surface area contributed by atoms with Crippen molar-refractivity contribution >= 4 is 6.29 Å². The molecule has 5 heteroatoms. The highest BCUT2D eigenvalue weighted by atomic mass is 16.5. The number of carbonyl (C=O) groups excluding carboxylic acids is 1. The van der Waals surface area contributed by atoms with Crippen LogP contribution < -0.4 is 9.47 Å². The summed E-state index contributed by atoms with van der Waals surface area (Å²) in [5.41, 5.74) is 0.814. The Morgan fingerprint density at radius 3 is 2.54 bits per heavy atom. The van der Waals surface area contributed by atoms with Gasteiger partial charge in [-0.3, -0.25) is 9.69 Å². The molecule has 0 aliphatic carbocycles. The Hall–Kier alpha value is -2.01. The summed E-state index contributed by atoms with van der Waals surface area (Å²) in [5, 5.41) is 0. The second kappa shape index (κ2) is 7.43. The van der Waals surface area contributed by atoms with Crippen LogP contribution in [0, 0.1) is 11.8 Å². The molecule has 28 heavy (non-hydrogen) atoms. The molecule has 0 bridgehead atoms. The molecule has 3 saturated heterocycles. The second-order valence-corrected chi connectivity index (χ2v) is 8.72. The molecule has 1 aromatic rings. The molecule has 0 unspecified atom stereocenters. The van der Waals surface area contributed by atoms with Crippen LogP contribution in [0.1, 0.15) is 38.5 Å². The third kappa shape index (κ3) is 3.00. The Bertz CT molecular complexity index is 758. The third-order valence-electron chi connectivity index (χ3n) is 7.33. The normalized spacial score (nSPS) is 32.4. The number of fused-ring (bicyclic) bond motifs is 2. The Morgan fingerprint density at radius 1 is 1.04 bits per heavy atom. The smallest absolute Gasteiger partial charge is 0.202 e. The van der Waals surface area contributed by atoms with E-state index in [4.69, 9.17) is 9.47 Å². The molecular formula is C23H30N2O3. The second-order valence-electron chi connectivity index (χ2n) is 8.72. The molecule has 4 aliphatic rings. The van der Waals surface area contributed by atoms with E-state index in [-0.39, 0.29) is 0 Å². The highest BCUT2D eigenvalue weighted by Gasteiger charge is 2.50. The molecule has 5 nitrogen and oxygen atoms in total. The van der Waals surface area contributed by atoms with Gasteiger partial charge in [-0.05, 0) is 87.7 Å². The number of allylic oxidation sites excluding steroid dienone is 1. The number of aldehydes is 1. The summed E-state index contributed by atoms with van der Waals surface area (Å²) in [4.78, 5) is 17.1. The van der Waals surface area contributed by atoms with Crippen molar-refractivity contribution in [3.05, 3.63) is 35.7 Å². The maximum atomic E-state index is 11.8. The van der Waals surface area contributed by atoms with Crippen LogP contribution in [0.4, 0.5) is 0 Å². The minimum absolute atomic E-state index is 0.499. The number of nitrogens with zero attached hydrogens (tertiary/aromatic N) is 2. The Labute approximate surface area is 167 Å². The van der Waals surface area contributed by atoms with Gasteiger partial charge in [-0.1, -0.05) is 0 Å². The van der Waals surface area contributed by atoms with Gasteiger partial charge in [-0.2, -0.15) is 0 Å². The molecule has 0 aromatic heterocycles. The lowest BCUT2D eigenvalue weighted by Crippen LogP contribution is -2.65. The zero-order valence-corrected chi connectivity index (χ0v) is 16.7. The van der Waals surface area contributed by atoms with Gasteiger partial charge in [0.1, 0.15) is 11.5 Å². The minimum Gasteiger partial charge on any atom is -0.497 e. The fraction of sp³-hybridized carbons (Fsp3) is 0.609.